The van der Waals surface area contributed by atoms with Crippen LogP contribution in [0.15, 0.2) is 36.4 Å². The summed E-state index contributed by atoms with van der Waals surface area (Å²) in [5.41, 5.74) is 1.47. The number of hydrogen-bond donors (Lipinski definition) is 1. The number of carbonyl (C=O) groups is 1. The first-order chi connectivity index (χ1) is 12.5. The molecular formula is C18H16N4O4. The van der Waals surface area contributed by atoms with Gasteiger partial charge in [0.05, 0.1) is 29.4 Å². The first kappa shape index (κ1) is 17.2. The molecule has 1 aliphatic heterocycles. The number of benzene rings is 2. The first-order valence-corrected chi connectivity index (χ1v) is 7.97. The summed E-state index contributed by atoms with van der Waals surface area (Å²) in [4.78, 5) is 24.4. The number of anilines is 3. The number of nitro groups is 1. The minimum Gasteiger partial charge on any atom is -0.495 e. The largest absolute Gasteiger partial charge is 0.495 e. The van der Waals surface area contributed by atoms with Crippen molar-refractivity contribution in [3.63, 3.8) is 0 Å². The Labute approximate surface area is 149 Å². The summed E-state index contributed by atoms with van der Waals surface area (Å²) < 4.78 is 5.34. The van der Waals surface area contributed by atoms with Gasteiger partial charge in [0.25, 0.3) is 5.69 Å². The average molecular weight is 352 g/mol. The Morgan fingerprint density at radius 1 is 1.31 bits per heavy atom. The number of amides is 1. The number of carbonyl (C=O) groups excluding carboxylic acids is 1. The minimum absolute atomic E-state index is 0.0183. The van der Waals surface area contributed by atoms with Gasteiger partial charge in [0.2, 0.25) is 5.91 Å². The lowest BCUT2D eigenvalue weighted by Crippen LogP contribution is -2.24. The van der Waals surface area contributed by atoms with Crippen molar-refractivity contribution in [3.05, 3.63) is 52.1 Å². The molecule has 0 spiro atoms. The highest BCUT2D eigenvalue weighted by Gasteiger charge is 2.25. The van der Waals surface area contributed by atoms with E-state index in [-0.39, 0.29) is 22.8 Å². The molecule has 0 aliphatic carbocycles. The quantitative estimate of drug-likeness (QED) is 0.653. The zero-order chi connectivity index (χ0) is 18.7. The molecule has 0 unspecified atom stereocenters. The molecule has 1 saturated heterocycles. The van der Waals surface area contributed by atoms with E-state index in [4.69, 9.17) is 10.00 Å². The highest BCUT2D eigenvalue weighted by molar-refractivity contribution is 5.97. The van der Waals surface area contributed by atoms with E-state index in [2.05, 4.69) is 5.32 Å². The summed E-state index contributed by atoms with van der Waals surface area (Å²) in [5, 5.41) is 23.2. The van der Waals surface area contributed by atoms with Gasteiger partial charge in [-0.15, -0.1) is 0 Å². The Morgan fingerprint density at radius 3 is 2.73 bits per heavy atom. The van der Waals surface area contributed by atoms with Crippen LogP contribution in [-0.4, -0.2) is 24.5 Å². The van der Waals surface area contributed by atoms with Crippen molar-refractivity contribution in [2.75, 3.05) is 23.9 Å². The number of rotatable bonds is 5. The van der Waals surface area contributed by atoms with Gasteiger partial charge in [-0.25, -0.2) is 0 Å². The van der Waals surface area contributed by atoms with Crippen LogP contribution in [0.1, 0.15) is 18.4 Å². The van der Waals surface area contributed by atoms with Crippen LogP contribution in [0, 0.1) is 21.4 Å². The van der Waals surface area contributed by atoms with Crippen molar-refractivity contribution in [2.45, 2.75) is 12.8 Å². The topological polar surface area (TPSA) is 108 Å². The Hall–Kier alpha value is -3.60. The van der Waals surface area contributed by atoms with Crippen LogP contribution in [-0.2, 0) is 4.79 Å². The van der Waals surface area contributed by atoms with Crippen LogP contribution in [0.5, 0.6) is 5.75 Å². The molecule has 8 nitrogen and oxygen atoms in total. The molecule has 1 amide bonds. The van der Waals surface area contributed by atoms with Crippen LogP contribution in [0.4, 0.5) is 22.7 Å². The molecule has 0 atom stereocenters. The molecule has 1 aliphatic rings. The van der Waals surface area contributed by atoms with Gasteiger partial charge >= 0.3 is 0 Å². The SMILES string of the molecule is COc1ccc(Nc2ccc(C#N)cc2[N+](=O)[O-])cc1N1CCCC1=O. The van der Waals surface area contributed by atoms with Crippen molar-refractivity contribution in [3.8, 4) is 11.8 Å². The van der Waals surface area contributed by atoms with Crippen LogP contribution in [0.25, 0.3) is 0 Å². The Morgan fingerprint density at radius 2 is 2.12 bits per heavy atom. The summed E-state index contributed by atoms with van der Waals surface area (Å²) in [6, 6.07) is 11.2. The number of methoxy groups -OCH3 is 1. The second-order valence-corrected chi connectivity index (χ2v) is 5.76. The molecule has 8 heteroatoms. The number of nitriles is 1. The average Bonchev–Trinajstić information content (AvgIpc) is 3.07. The van der Waals surface area contributed by atoms with Gasteiger partial charge < -0.3 is 15.0 Å². The highest BCUT2D eigenvalue weighted by atomic mass is 16.6. The summed E-state index contributed by atoms with van der Waals surface area (Å²) in [6.45, 7) is 0.607. The number of nitrogens with one attached hydrogen (secondary N) is 1. The molecule has 1 fully saturated rings. The van der Waals surface area contributed by atoms with E-state index in [0.29, 0.717) is 30.1 Å². The first-order valence-electron chi connectivity index (χ1n) is 7.97. The van der Waals surface area contributed by atoms with Crippen LogP contribution >= 0.6 is 0 Å². The third-order valence-corrected chi connectivity index (χ3v) is 4.15. The van der Waals surface area contributed by atoms with Crippen LogP contribution in [0.2, 0.25) is 0 Å². The van der Waals surface area contributed by atoms with Gasteiger partial charge in [0.1, 0.15) is 11.4 Å². The van der Waals surface area contributed by atoms with Crippen molar-refractivity contribution in [2.24, 2.45) is 0 Å². The fraction of sp³-hybridized carbons (Fsp3) is 0.222. The normalized spacial score (nSPS) is 13.4. The molecule has 1 heterocycles. The van der Waals surface area contributed by atoms with Gasteiger partial charge in [-0.3, -0.25) is 14.9 Å². The zero-order valence-electron chi connectivity index (χ0n) is 14.1. The molecule has 132 valence electrons. The number of nitrogens with zero attached hydrogens (tertiary/aromatic N) is 3. The lowest BCUT2D eigenvalue weighted by Gasteiger charge is -2.20. The summed E-state index contributed by atoms with van der Waals surface area (Å²) >= 11 is 0. The Balaban J connectivity index is 1.97. The lowest BCUT2D eigenvalue weighted by molar-refractivity contribution is -0.383. The van der Waals surface area contributed by atoms with Gasteiger partial charge in [0, 0.05) is 24.7 Å². The molecule has 0 radical (unpaired) electrons. The van der Waals surface area contributed by atoms with E-state index < -0.39 is 4.92 Å². The second kappa shape index (κ2) is 7.11. The van der Waals surface area contributed by atoms with Crippen molar-refractivity contribution >= 4 is 28.7 Å². The van der Waals surface area contributed by atoms with Gasteiger partial charge in [0.15, 0.2) is 0 Å². The van der Waals surface area contributed by atoms with Crippen LogP contribution in [0.3, 0.4) is 0 Å². The number of nitro benzene ring substituents is 1. The van der Waals surface area contributed by atoms with Gasteiger partial charge in [-0.05, 0) is 36.8 Å². The lowest BCUT2D eigenvalue weighted by atomic mass is 10.1. The highest BCUT2D eigenvalue weighted by Crippen LogP contribution is 2.36. The van der Waals surface area contributed by atoms with E-state index in [1.54, 1.807) is 23.1 Å². The Bertz CT molecular complexity index is 920. The number of ether oxygens (including phenoxy) is 1. The predicted octanol–water partition coefficient (Wildman–Crippen LogP) is 3.35. The standard InChI is InChI=1S/C18H16N4O4/c1-26-17-7-5-13(10-16(17)21-8-2-3-18(21)23)20-14-6-4-12(11-19)9-15(14)22(24)25/h4-7,9-10,20H,2-3,8H2,1H3. The molecule has 0 saturated carbocycles. The smallest absolute Gasteiger partial charge is 0.293 e. The zero-order valence-corrected chi connectivity index (χ0v) is 14.1. The van der Waals surface area contributed by atoms with Crippen molar-refractivity contribution in [1.82, 2.24) is 0 Å². The second-order valence-electron chi connectivity index (χ2n) is 5.76. The van der Waals surface area contributed by atoms with Gasteiger partial charge in [-0.2, -0.15) is 5.26 Å². The molecular weight excluding hydrogens is 336 g/mol. The molecule has 0 bridgehead atoms. The fourth-order valence-corrected chi connectivity index (χ4v) is 2.89. The monoisotopic (exact) mass is 352 g/mol. The third kappa shape index (κ3) is 3.28. The van der Waals surface area contributed by atoms with Crippen molar-refractivity contribution in [1.29, 1.82) is 5.26 Å². The summed E-state index contributed by atoms with van der Waals surface area (Å²) in [7, 11) is 1.53. The minimum atomic E-state index is -0.544. The van der Waals surface area contributed by atoms with Crippen molar-refractivity contribution < 1.29 is 14.5 Å². The molecule has 2 aromatic carbocycles. The van der Waals surface area contributed by atoms with E-state index >= 15 is 0 Å². The fourth-order valence-electron chi connectivity index (χ4n) is 2.89. The molecule has 3 rings (SSSR count). The molecule has 1 N–H and O–H groups in total. The van der Waals surface area contributed by atoms with Gasteiger partial charge in [-0.1, -0.05) is 0 Å². The maximum absolute atomic E-state index is 12.1. The maximum Gasteiger partial charge on any atom is 0.293 e. The molecule has 0 aromatic heterocycles. The predicted molar refractivity (Wildman–Crippen MR) is 95.7 cm³/mol. The third-order valence-electron chi connectivity index (χ3n) is 4.15. The Kier molecular flexibility index (Phi) is 4.71. The van der Waals surface area contributed by atoms with E-state index in [1.807, 2.05) is 6.07 Å². The maximum atomic E-state index is 12.1. The molecule has 2 aromatic rings. The van der Waals surface area contributed by atoms with E-state index in [9.17, 15) is 14.9 Å². The number of hydrogen-bond acceptors (Lipinski definition) is 6. The summed E-state index contributed by atoms with van der Waals surface area (Å²) in [6.07, 6.45) is 1.27. The summed E-state index contributed by atoms with van der Waals surface area (Å²) in [5.74, 6) is 0.574. The van der Waals surface area contributed by atoms with E-state index in [0.717, 1.165) is 6.42 Å². The van der Waals surface area contributed by atoms with E-state index in [1.165, 1.54) is 25.3 Å². The molecule has 26 heavy (non-hydrogen) atoms. The van der Waals surface area contributed by atoms with Crippen LogP contribution < -0.4 is 15.0 Å².